The van der Waals surface area contributed by atoms with Gasteiger partial charge in [-0.05, 0) is 54.6 Å². The number of ether oxygens (including phenoxy) is 1. The van der Waals surface area contributed by atoms with Crippen molar-refractivity contribution >= 4 is 27.5 Å². The summed E-state index contributed by atoms with van der Waals surface area (Å²) in [5, 5.41) is 6.48. The van der Waals surface area contributed by atoms with Crippen LogP contribution in [-0.4, -0.2) is 20.7 Å². The number of aromatic nitrogens is 3. The predicted octanol–water partition coefficient (Wildman–Crippen LogP) is 4.59. The Labute approximate surface area is 173 Å². The topological polar surface area (TPSA) is 82.2 Å². The van der Waals surface area contributed by atoms with Crippen molar-refractivity contribution in [3.63, 3.8) is 0 Å². The fourth-order valence-electron chi connectivity index (χ4n) is 2.56. The molecule has 4 rings (SSSR count). The highest BCUT2D eigenvalue weighted by atomic mass is 79.9. The lowest BCUT2D eigenvalue weighted by molar-refractivity contribution is 0.0992. The molecule has 1 amide bonds. The summed E-state index contributed by atoms with van der Waals surface area (Å²) in [4.78, 5) is 16.1. The maximum absolute atomic E-state index is 14.3. The Morgan fingerprint density at radius 3 is 2.72 bits per heavy atom. The minimum Gasteiger partial charge on any atom is -0.486 e. The van der Waals surface area contributed by atoms with Crippen LogP contribution in [-0.2, 0) is 6.61 Å². The number of carbonyl (C=O) groups excluding carboxylic acids is 1. The number of nitrogens with zero attached hydrogens (tertiary/aromatic N) is 3. The quantitative estimate of drug-likeness (QED) is 0.458. The summed E-state index contributed by atoms with van der Waals surface area (Å²) in [7, 11) is 0. The molecule has 2 aromatic heterocycles. The van der Waals surface area contributed by atoms with Crippen molar-refractivity contribution < 1.29 is 18.3 Å². The van der Waals surface area contributed by atoms with Crippen molar-refractivity contribution in [1.82, 2.24) is 14.8 Å². The molecule has 0 spiro atoms. The lowest BCUT2D eigenvalue weighted by Gasteiger charge is -2.07. The van der Waals surface area contributed by atoms with Crippen LogP contribution in [0, 0.1) is 5.82 Å². The van der Waals surface area contributed by atoms with E-state index in [9.17, 15) is 9.18 Å². The third kappa shape index (κ3) is 4.52. The largest absolute Gasteiger partial charge is 0.486 e. The summed E-state index contributed by atoms with van der Waals surface area (Å²) in [6, 6.07) is 14.8. The van der Waals surface area contributed by atoms with E-state index in [1.807, 2.05) is 24.3 Å². The molecule has 0 saturated heterocycles. The fourth-order valence-corrected chi connectivity index (χ4v) is 2.82. The monoisotopic (exact) mass is 456 g/mol. The average Bonchev–Trinajstić information content (AvgIpc) is 3.40. The second-order valence-electron chi connectivity index (χ2n) is 5.97. The highest BCUT2D eigenvalue weighted by Crippen LogP contribution is 2.20. The SMILES string of the molecule is O=C(Nc1ccc(-n2cncn2)c(F)c1)c1ccc(COc2ccc(Br)cc2)o1. The van der Waals surface area contributed by atoms with Gasteiger partial charge >= 0.3 is 0 Å². The maximum Gasteiger partial charge on any atom is 0.291 e. The van der Waals surface area contributed by atoms with Crippen LogP contribution in [0.15, 0.2) is 76.1 Å². The molecule has 0 unspecified atom stereocenters. The van der Waals surface area contributed by atoms with Gasteiger partial charge < -0.3 is 14.5 Å². The molecule has 146 valence electrons. The van der Waals surface area contributed by atoms with E-state index in [0.29, 0.717) is 17.2 Å². The highest BCUT2D eigenvalue weighted by molar-refractivity contribution is 9.10. The van der Waals surface area contributed by atoms with Gasteiger partial charge in [-0.2, -0.15) is 5.10 Å². The van der Waals surface area contributed by atoms with Gasteiger partial charge in [-0.3, -0.25) is 4.79 Å². The first-order chi connectivity index (χ1) is 14.1. The zero-order valence-electron chi connectivity index (χ0n) is 14.9. The number of carbonyl (C=O) groups is 1. The van der Waals surface area contributed by atoms with Crippen LogP contribution >= 0.6 is 15.9 Å². The van der Waals surface area contributed by atoms with E-state index in [1.165, 1.54) is 35.5 Å². The normalized spacial score (nSPS) is 10.7. The lowest BCUT2D eigenvalue weighted by atomic mass is 10.2. The van der Waals surface area contributed by atoms with Crippen LogP contribution in [0.3, 0.4) is 0 Å². The molecular formula is C20H14BrFN4O3. The van der Waals surface area contributed by atoms with E-state index in [0.717, 1.165) is 4.47 Å². The van der Waals surface area contributed by atoms with Crippen LogP contribution in [0.1, 0.15) is 16.3 Å². The van der Waals surface area contributed by atoms with Gasteiger partial charge in [0.25, 0.3) is 5.91 Å². The second kappa shape index (κ2) is 8.27. The van der Waals surface area contributed by atoms with Gasteiger partial charge in [-0.1, -0.05) is 15.9 Å². The van der Waals surface area contributed by atoms with Gasteiger partial charge in [0.2, 0.25) is 0 Å². The van der Waals surface area contributed by atoms with Crippen molar-refractivity contribution in [2.45, 2.75) is 6.61 Å². The summed E-state index contributed by atoms with van der Waals surface area (Å²) >= 11 is 3.36. The first kappa shape index (κ1) is 18.9. The molecule has 9 heteroatoms. The molecule has 0 aliphatic rings. The third-order valence-corrected chi connectivity index (χ3v) is 4.48. The van der Waals surface area contributed by atoms with E-state index < -0.39 is 11.7 Å². The van der Waals surface area contributed by atoms with E-state index in [-0.39, 0.29) is 18.1 Å². The van der Waals surface area contributed by atoms with E-state index in [4.69, 9.17) is 9.15 Å². The Balaban J connectivity index is 1.39. The highest BCUT2D eigenvalue weighted by Gasteiger charge is 2.14. The standard InChI is InChI=1S/C20H14BrFN4O3/c21-13-1-4-15(5-2-13)28-10-16-6-8-19(29-16)20(27)25-14-3-7-18(17(22)9-14)26-12-23-11-24-26/h1-9,11-12H,10H2,(H,25,27). The van der Waals surface area contributed by atoms with Gasteiger partial charge in [0, 0.05) is 10.2 Å². The van der Waals surface area contributed by atoms with Crippen LogP contribution in [0.25, 0.3) is 5.69 Å². The Hall–Kier alpha value is -3.46. The Morgan fingerprint density at radius 1 is 1.17 bits per heavy atom. The van der Waals surface area contributed by atoms with Crippen LogP contribution in [0.5, 0.6) is 5.75 Å². The van der Waals surface area contributed by atoms with Gasteiger partial charge in [0.1, 0.15) is 36.5 Å². The van der Waals surface area contributed by atoms with E-state index in [1.54, 1.807) is 12.1 Å². The number of hydrogen-bond donors (Lipinski definition) is 1. The van der Waals surface area contributed by atoms with Crippen molar-refractivity contribution in [2.75, 3.05) is 5.32 Å². The molecule has 0 fully saturated rings. The Bertz CT molecular complexity index is 1130. The zero-order chi connectivity index (χ0) is 20.2. The number of hydrogen-bond acceptors (Lipinski definition) is 5. The van der Waals surface area contributed by atoms with Crippen LogP contribution in [0.2, 0.25) is 0 Å². The molecule has 7 nitrogen and oxygen atoms in total. The molecule has 0 radical (unpaired) electrons. The number of rotatable bonds is 6. The molecule has 0 atom stereocenters. The van der Waals surface area contributed by atoms with Crippen molar-refractivity contribution in [3.8, 4) is 11.4 Å². The molecule has 4 aromatic rings. The first-order valence-electron chi connectivity index (χ1n) is 8.51. The molecule has 1 N–H and O–H groups in total. The summed E-state index contributed by atoms with van der Waals surface area (Å²) in [6.45, 7) is 0.177. The summed E-state index contributed by atoms with van der Waals surface area (Å²) < 4.78 is 27.6. The maximum atomic E-state index is 14.3. The number of anilines is 1. The Morgan fingerprint density at radius 2 is 2.00 bits per heavy atom. The number of furan rings is 1. The predicted molar refractivity (Wildman–Crippen MR) is 106 cm³/mol. The Kier molecular flexibility index (Phi) is 5.39. The first-order valence-corrected chi connectivity index (χ1v) is 9.31. The molecule has 0 aliphatic carbocycles. The molecule has 2 aromatic carbocycles. The minimum atomic E-state index is -0.545. The van der Waals surface area contributed by atoms with E-state index >= 15 is 0 Å². The smallest absolute Gasteiger partial charge is 0.291 e. The minimum absolute atomic E-state index is 0.0974. The summed E-state index contributed by atoms with van der Waals surface area (Å²) in [6.07, 6.45) is 2.70. The average molecular weight is 457 g/mol. The van der Waals surface area contributed by atoms with Crippen molar-refractivity contribution in [2.24, 2.45) is 0 Å². The van der Waals surface area contributed by atoms with E-state index in [2.05, 4.69) is 31.3 Å². The van der Waals surface area contributed by atoms with Gasteiger partial charge in [0.15, 0.2) is 11.6 Å². The fraction of sp³-hybridized carbons (Fsp3) is 0.0500. The molecule has 0 aliphatic heterocycles. The number of nitrogens with one attached hydrogen (secondary N) is 1. The molecule has 2 heterocycles. The summed E-state index contributed by atoms with van der Waals surface area (Å²) in [5.41, 5.74) is 0.520. The number of amides is 1. The molecule has 0 bridgehead atoms. The molecule has 29 heavy (non-hydrogen) atoms. The zero-order valence-corrected chi connectivity index (χ0v) is 16.5. The number of benzene rings is 2. The third-order valence-electron chi connectivity index (χ3n) is 3.95. The lowest BCUT2D eigenvalue weighted by Crippen LogP contribution is -2.11. The van der Waals surface area contributed by atoms with Crippen LogP contribution < -0.4 is 10.1 Å². The number of halogens is 2. The summed E-state index contributed by atoms with van der Waals surface area (Å²) in [5.74, 6) is 0.230. The van der Waals surface area contributed by atoms with Gasteiger partial charge in [0.05, 0.1) is 0 Å². The van der Waals surface area contributed by atoms with Gasteiger partial charge in [-0.25, -0.2) is 14.1 Å². The van der Waals surface area contributed by atoms with Crippen molar-refractivity contribution in [1.29, 1.82) is 0 Å². The van der Waals surface area contributed by atoms with Crippen LogP contribution in [0.4, 0.5) is 10.1 Å². The van der Waals surface area contributed by atoms with Crippen molar-refractivity contribution in [3.05, 3.63) is 89.1 Å². The second-order valence-corrected chi connectivity index (χ2v) is 6.88. The molecule has 0 saturated carbocycles. The molecular weight excluding hydrogens is 443 g/mol. The van der Waals surface area contributed by atoms with Gasteiger partial charge in [-0.15, -0.1) is 0 Å².